The fraction of sp³-hybridized carbons (Fsp3) is 0.0667. The number of carbonyl (C=O) groups is 1. The third-order valence-corrected chi connectivity index (χ3v) is 5.56. The van der Waals surface area contributed by atoms with Crippen molar-refractivity contribution >= 4 is 68.9 Å². The lowest BCUT2D eigenvalue weighted by Crippen LogP contribution is -2.27. The average Bonchev–Trinajstić information content (AvgIpc) is 2.97. The van der Waals surface area contributed by atoms with Gasteiger partial charge < -0.3 is 0 Å². The first-order chi connectivity index (χ1) is 10.1. The number of carbonyl (C=O) groups excluding carboxylic acids is 1. The molecule has 0 spiro atoms. The minimum atomic E-state index is -0.0832. The summed E-state index contributed by atoms with van der Waals surface area (Å²) in [5, 5.41) is 2.65. The van der Waals surface area contributed by atoms with Crippen LogP contribution in [0.25, 0.3) is 6.08 Å². The van der Waals surface area contributed by atoms with Gasteiger partial charge in [-0.05, 0) is 54.3 Å². The van der Waals surface area contributed by atoms with Gasteiger partial charge in [0.05, 0.1) is 10.6 Å². The molecule has 0 unspecified atom stereocenters. The molecule has 3 rings (SSSR count). The molecule has 21 heavy (non-hydrogen) atoms. The molecule has 2 heterocycles. The predicted octanol–water partition coefficient (Wildman–Crippen LogP) is 5.12. The molecule has 1 aromatic heterocycles. The molecule has 0 saturated carbocycles. The van der Waals surface area contributed by atoms with Crippen molar-refractivity contribution in [3.05, 3.63) is 56.1 Å². The minimum Gasteiger partial charge on any atom is -0.268 e. The van der Waals surface area contributed by atoms with Gasteiger partial charge in [0.25, 0.3) is 5.91 Å². The molecular weight excluding hydrogens is 342 g/mol. The summed E-state index contributed by atoms with van der Waals surface area (Å²) in [6.07, 6.45) is 1.91. The Morgan fingerprint density at radius 3 is 2.57 bits per heavy atom. The highest BCUT2D eigenvalue weighted by Gasteiger charge is 2.33. The van der Waals surface area contributed by atoms with Crippen molar-refractivity contribution in [3.63, 3.8) is 0 Å². The van der Waals surface area contributed by atoms with Gasteiger partial charge >= 0.3 is 0 Å². The molecule has 1 aromatic carbocycles. The Kier molecular flexibility index (Phi) is 4.17. The zero-order valence-corrected chi connectivity index (χ0v) is 14.2. The molecule has 6 heteroatoms. The Balaban J connectivity index is 1.94. The number of thiocarbonyl (C=S) groups is 1. The van der Waals surface area contributed by atoms with Crippen molar-refractivity contribution in [1.29, 1.82) is 0 Å². The third kappa shape index (κ3) is 2.92. The maximum Gasteiger partial charge on any atom is 0.270 e. The number of hydrogen-bond donors (Lipinski definition) is 0. The highest BCUT2D eigenvalue weighted by atomic mass is 35.5. The molecular formula is C15H10ClNOS3. The molecule has 2 nitrogen and oxygen atoms in total. The van der Waals surface area contributed by atoms with Gasteiger partial charge in [0.2, 0.25) is 0 Å². The summed E-state index contributed by atoms with van der Waals surface area (Å²) < 4.78 is 0.544. The topological polar surface area (TPSA) is 20.3 Å². The van der Waals surface area contributed by atoms with Crippen LogP contribution < -0.4 is 4.90 Å². The minimum absolute atomic E-state index is 0.0832. The van der Waals surface area contributed by atoms with Crippen molar-refractivity contribution < 1.29 is 4.79 Å². The molecule has 1 aliphatic rings. The van der Waals surface area contributed by atoms with Crippen LogP contribution in [0, 0.1) is 6.92 Å². The van der Waals surface area contributed by atoms with Crippen LogP contribution in [0.5, 0.6) is 0 Å². The van der Waals surface area contributed by atoms with Gasteiger partial charge in [0.15, 0.2) is 4.32 Å². The lowest BCUT2D eigenvalue weighted by Gasteiger charge is -2.14. The molecule has 0 N–H and O–H groups in total. The Labute approximate surface area is 141 Å². The van der Waals surface area contributed by atoms with E-state index in [1.54, 1.807) is 40.5 Å². The molecule has 1 amide bonds. The molecule has 0 aliphatic carbocycles. The standard InChI is InChI=1S/C15H10ClNOS3/c1-9-6-7-20-12(9)8-13-14(18)17(15(19)21-13)11-4-2-10(16)3-5-11/h2-8H,1H3/b13-8-. The summed E-state index contributed by atoms with van der Waals surface area (Å²) in [5.74, 6) is -0.0832. The van der Waals surface area contributed by atoms with Gasteiger partial charge in [-0.3, -0.25) is 9.69 Å². The monoisotopic (exact) mass is 351 g/mol. The molecule has 1 saturated heterocycles. The fourth-order valence-corrected chi connectivity index (χ4v) is 4.27. The average molecular weight is 352 g/mol. The summed E-state index contributed by atoms with van der Waals surface area (Å²) in [5.41, 5.74) is 1.91. The number of rotatable bonds is 2. The van der Waals surface area contributed by atoms with Gasteiger partial charge in [-0.15, -0.1) is 11.3 Å². The van der Waals surface area contributed by atoms with Crippen LogP contribution >= 0.6 is 46.9 Å². The van der Waals surface area contributed by atoms with E-state index in [1.165, 1.54) is 11.8 Å². The predicted molar refractivity (Wildman–Crippen MR) is 96.2 cm³/mol. The number of thioether (sulfide) groups is 1. The van der Waals surface area contributed by atoms with Gasteiger partial charge in [0.1, 0.15) is 0 Å². The maximum absolute atomic E-state index is 12.6. The summed E-state index contributed by atoms with van der Waals surface area (Å²) >= 11 is 14.2. The van der Waals surface area contributed by atoms with E-state index < -0.39 is 0 Å². The van der Waals surface area contributed by atoms with Crippen LogP contribution in [-0.4, -0.2) is 10.2 Å². The first kappa shape index (κ1) is 14.8. The van der Waals surface area contributed by atoms with Crippen molar-refractivity contribution in [2.45, 2.75) is 6.92 Å². The smallest absolute Gasteiger partial charge is 0.268 e. The molecule has 0 atom stereocenters. The number of halogens is 1. The van der Waals surface area contributed by atoms with Crippen LogP contribution in [-0.2, 0) is 4.79 Å². The lowest BCUT2D eigenvalue weighted by atomic mass is 10.2. The second kappa shape index (κ2) is 5.93. The molecule has 2 aromatic rings. The highest BCUT2D eigenvalue weighted by Crippen LogP contribution is 2.37. The molecule has 1 aliphatic heterocycles. The summed E-state index contributed by atoms with van der Waals surface area (Å²) in [7, 11) is 0. The maximum atomic E-state index is 12.6. The SMILES string of the molecule is Cc1ccsc1/C=C1\SC(=S)N(c2ccc(Cl)cc2)C1=O. The summed E-state index contributed by atoms with van der Waals surface area (Å²) in [6, 6.07) is 9.14. The van der Waals surface area contributed by atoms with Crippen LogP contribution in [0.4, 0.5) is 5.69 Å². The van der Waals surface area contributed by atoms with E-state index in [0.717, 1.165) is 16.1 Å². The van der Waals surface area contributed by atoms with Gasteiger partial charge in [-0.2, -0.15) is 0 Å². The van der Waals surface area contributed by atoms with E-state index in [9.17, 15) is 4.79 Å². The van der Waals surface area contributed by atoms with Gasteiger partial charge in [0, 0.05) is 9.90 Å². The van der Waals surface area contributed by atoms with E-state index in [-0.39, 0.29) is 5.91 Å². The van der Waals surface area contributed by atoms with E-state index in [1.807, 2.05) is 24.4 Å². The van der Waals surface area contributed by atoms with Crippen molar-refractivity contribution in [2.24, 2.45) is 0 Å². The van der Waals surface area contributed by atoms with Crippen LogP contribution in [0.15, 0.2) is 40.6 Å². The summed E-state index contributed by atoms with van der Waals surface area (Å²) in [6.45, 7) is 2.03. The first-order valence-corrected chi connectivity index (χ1v) is 8.62. The largest absolute Gasteiger partial charge is 0.270 e. The summed E-state index contributed by atoms with van der Waals surface area (Å²) in [4.78, 5) is 15.8. The van der Waals surface area contributed by atoms with Crippen LogP contribution in [0.3, 0.4) is 0 Å². The number of anilines is 1. The molecule has 0 bridgehead atoms. The number of aryl methyl sites for hydroxylation is 1. The van der Waals surface area contributed by atoms with E-state index >= 15 is 0 Å². The van der Waals surface area contributed by atoms with Crippen molar-refractivity contribution in [2.75, 3.05) is 4.90 Å². The fourth-order valence-electron chi connectivity index (χ4n) is 1.93. The molecule has 1 fully saturated rings. The second-order valence-electron chi connectivity index (χ2n) is 4.46. The third-order valence-electron chi connectivity index (χ3n) is 3.04. The normalized spacial score (nSPS) is 17.0. The van der Waals surface area contributed by atoms with Crippen molar-refractivity contribution in [1.82, 2.24) is 0 Å². The molecule has 106 valence electrons. The van der Waals surface area contributed by atoms with Crippen LogP contribution in [0.1, 0.15) is 10.4 Å². The van der Waals surface area contributed by atoms with E-state index in [0.29, 0.717) is 14.2 Å². The van der Waals surface area contributed by atoms with Crippen LogP contribution in [0.2, 0.25) is 5.02 Å². The zero-order chi connectivity index (χ0) is 15.0. The first-order valence-electron chi connectivity index (χ1n) is 6.14. The highest BCUT2D eigenvalue weighted by molar-refractivity contribution is 8.27. The van der Waals surface area contributed by atoms with Gasteiger partial charge in [-0.1, -0.05) is 35.6 Å². The lowest BCUT2D eigenvalue weighted by molar-refractivity contribution is -0.113. The Bertz CT molecular complexity index is 749. The quantitative estimate of drug-likeness (QED) is 0.553. The Hall–Kier alpha value is -1.14. The number of thiophene rings is 1. The van der Waals surface area contributed by atoms with E-state index in [4.69, 9.17) is 23.8 Å². The van der Waals surface area contributed by atoms with Gasteiger partial charge in [-0.25, -0.2) is 0 Å². The molecule has 0 radical (unpaired) electrons. The Morgan fingerprint density at radius 2 is 1.95 bits per heavy atom. The number of benzene rings is 1. The zero-order valence-electron chi connectivity index (χ0n) is 11.0. The Morgan fingerprint density at radius 1 is 1.24 bits per heavy atom. The number of amides is 1. The number of hydrogen-bond acceptors (Lipinski definition) is 4. The van der Waals surface area contributed by atoms with Crippen molar-refractivity contribution in [3.8, 4) is 0 Å². The van der Waals surface area contributed by atoms with E-state index in [2.05, 4.69) is 0 Å². The second-order valence-corrected chi connectivity index (χ2v) is 7.52. The number of nitrogens with zero attached hydrogens (tertiary/aromatic N) is 1.